The fourth-order valence-corrected chi connectivity index (χ4v) is 4.12. The summed E-state index contributed by atoms with van der Waals surface area (Å²) in [6, 6.07) is 10.1. The van der Waals surface area contributed by atoms with Crippen LogP contribution in [-0.4, -0.2) is 44.9 Å². The van der Waals surface area contributed by atoms with Crippen molar-refractivity contribution in [1.29, 1.82) is 0 Å². The summed E-state index contributed by atoms with van der Waals surface area (Å²) < 4.78 is 1.88. The van der Waals surface area contributed by atoms with Crippen LogP contribution < -0.4 is 11.1 Å². The van der Waals surface area contributed by atoms with Crippen LogP contribution in [0.2, 0.25) is 0 Å². The van der Waals surface area contributed by atoms with Gasteiger partial charge in [0.05, 0.1) is 18.2 Å². The van der Waals surface area contributed by atoms with Crippen molar-refractivity contribution < 1.29 is 4.79 Å². The highest BCUT2D eigenvalue weighted by atomic mass is 16.2. The fraction of sp³-hybridized carbons (Fsp3) is 0.500. The number of carbonyl (C=O) groups is 1. The SMILES string of the molecule is NCc1cn(C[C@H]2C[C@@H]3CCN2C[C@H]3C(=O)Nc2ccccc2)nn1. The van der Waals surface area contributed by atoms with Gasteiger partial charge in [0.15, 0.2) is 0 Å². The first-order valence-electron chi connectivity index (χ1n) is 8.92. The Balaban J connectivity index is 1.38. The Morgan fingerprint density at radius 1 is 1.32 bits per heavy atom. The number of aromatic nitrogens is 3. The largest absolute Gasteiger partial charge is 0.326 e. The maximum absolute atomic E-state index is 12.7. The Kier molecular flexibility index (Phi) is 4.50. The van der Waals surface area contributed by atoms with E-state index in [1.807, 2.05) is 41.2 Å². The van der Waals surface area contributed by atoms with E-state index in [9.17, 15) is 4.79 Å². The summed E-state index contributed by atoms with van der Waals surface area (Å²) in [4.78, 5) is 15.1. The molecule has 7 heteroatoms. The first-order valence-corrected chi connectivity index (χ1v) is 8.92. The smallest absolute Gasteiger partial charge is 0.229 e. The molecule has 0 spiro atoms. The predicted molar refractivity (Wildman–Crippen MR) is 94.6 cm³/mol. The first-order chi connectivity index (χ1) is 12.2. The molecule has 3 aliphatic rings. The number of nitrogens with two attached hydrogens (primary N) is 1. The lowest BCUT2D eigenvalue weighted by Crippen LogP contribution is -2.57. The van der Waals surface area contributed by atoms with Gasteiger partial charge in [0.25, 0.3) is 0 Å². The summed E-state index contributed by atoms with van der Waals surface area (Å²) in [6.07, 6.45) is 4.04. The van der Waals surface area contributed by atoms with Gasteiger partial charge in [-0.05, 0) is 37.4 Å². The lowest BCUT2D eigenvalue weighted by molar-refractivity contribution is -0.127. The minimum Gasteiger partial charge on any atom is -0.326 e. The number of amides is 1. The monoisotopic (exact) mass is 340 g/mol. The second-order valence-corrected chi connectivity index (χ2v) is 7.03. The zero-order chi connectivity index (χ0) is 17.2. The summed E-state index contributed by atoms with van der Waals surface area (Å²) in [6.45, 7) is 3.12. The molecule has 25 heavy (non-hydrogen) atoms. The van der Waals surface area contributed by atoms with E-state index in [-0.39, 0.29) is 11.8 Å². The standard InChI is InChI=1S/C18H24N6O/c19-9-15-10-24(22-21-15)11-16-8-13-6-7-23(16)12-17(13)18(25)20-14-4-2-1-3-5-14/h1-5,10,13,16-17H,6-9,11-12,19H2,(H,20,25)/t13-,16+,17+/m0/s1. The van der Waals surface area contributed by atoms with Crippen LogP contribution in [-0.2, 0) is 17.9 Å². The number of nitrogens with one attached hydrogen (secondary N) is 1. The Labute approximate surface area is 147 Å². The highest BCUT2D eigenvalue weighted by Crippen LogP contribution is 2.37. The van der Waals surface area contributed by atoms with Crippen molar-refractivity contribution in [3.63, 3.8) is 0 Å². The number of para-hydroxylation sites is 1. The van der Waals surface area contributed by atoms with E-state index in [2.05, 4.69) is 20.5 Å². The highest BCUT2D eigenvalue weighted by Gasteiger charge is 2.43. The van der Waals surface area contributed by atoms with Crippen LogP contribution in [0.1, 0.15) is 18.5 Å². The zero-order valence-corrected chi connectivity index (χ0v) is 14.2. The second kappa shape index (κ2) is 6.93. The van der Waals surface area contributed by atoms with E-state index in [4.69, 9.17) is 5.73 Å². The molecule has 1 amide bonds. The van der Waals surface area contributed by atoms with Gasteiger partial charge < -0.3 is 11.1 Å². The quantitative estimate of drug-likeness (QED) is 0.850. The average molecular weight is 340 g/mol. The van der Waals surface area contributed by atoms with Crippen LogP contribution in [0.3, 0.4) is 0 Å². The topological polar surface area (TPSA) is 89.1 Å². The summed E-state index contributed by atoms with van der Waals surface area (Å²) in [7, 11) is 0. The number of hydrogen-bond donors (Lipinski definition) is 2. The Morgan fingerprint density at radius 2 is 2.16 bits per heavy atom. The maximum Gasteiger partial charge on any atom is 0.229 e. The number of hydrogen-bond acceptors (Lipinski definition) is 5. The van der Waals surface area contributed by atoms with Gasteiger partial charge in [0.1, 0.15) is 0 Å². The van der Waals surface area contributed by atoms with Gasteiger partial charge in [-0.15, -0.1) is 5.10 Å². The third-order valence-corrected chi connectivity index (χ3v) is 5.45. The molecule has 2 bridgehead atoms. The van der Waals surface area contributed by atoms with Crippen LogP contribution in [0.25, 0.3) is 0 Å². The van der Waals surface area contributed by atoms with Crippen molar-refractivity contribution in [2.45, 2.75) is 32.0 Å². The summed E-state index contributed by atoms with van der Waals surface area (Å²) in [5.74, 6) is 0.655. The van der Waals surface area contributed by atoms with Gasteiger partial charge in [-0.3, -0.25) is 14.4 Å². The summed E-state index contributed by atoms with van der Waals surface area (Å²) >= 11 is 0. The molecule has 7 nitrogen and oxygen atoms in total. The van der Waals surface area contributed by atoms with Crippen molar-refractivity contribution in [2.75, 3.05) is 18.4 Å². The number of carbonyl (C=O) groups excluding carboxylic acids is 1. The lowest BCUT2D eigenvalue weighted by Gasteiger charge is -2.49. The van der Waals surface area contributed by atoms with Gasteiger partial charge in [0, 0.05) is 31.0 Å². The molecule has 0 radical (unpaired) electrons. The molecule has 1 aromatic heterocycles. The molecule has 1 unspecified atom stereocenters. The molecule has 4 heterocycles. The van der Waals surface area contributed by atoms with Crippen LogP contribution in [0.5, 0.6) is 0 Å². The van der Waals surface area contributed by atoms with Gasteiger partial charge in [-0.25, -0.2) is 0 Å². The Hall–Kier alpha value is -2.25. The van der Waals surface area contributed by atoms with Gasteiger partial charge in [0.2, 0.25) is 5.91 Å². The normalized spacial score (nSPS) is 28.0. The van der Waals surface area contributed by atoms with Gasteiger partial charge in [-0.1, -0.05) is 23.4 Å². The van der Waals surface area contributed by atoms with E-state index in [0.717, 1.165) is 43.9 Å². The molecule has 4 atom stereocenters. The van der Waals surface area contributed by atoms with E-state index in [1.54, 1.807) is 0 Å². The molecule has 3 aliphatic heterocycles. The molecule has 132 valence electrons. The van der Waals surface area contributed by atoms with Crippen LogP contribution in [0.15, 0.2) is 36.5 Å². The molecule has 2 aromatic rings. The molecule has 0 aliphatic carbocycles. The fourth-order valence-electron chi connectivity index (χ4n) is 4.12. The number of benzene rings is 1. The zero-order valence-electron chi connectivity index (χ0n) is 14.2. The van der Waals surface area contributed by atoms with Crippen molar-refractivity contribution >= 4 is 11.6 Å². The number of rotatable bonds is 5. The number of nitrogens with zero attached hydrogens (tertiary/aromatic N) is 4. The van der Waals surface area contributed by atoms with E-state index < -0.39 is 0 Å². The molecule has 1 aromatic carbocycles. The van der Waals surface area contributed by atoms with Crippen molar-refractivity contribution in [3.8, 4) is 0 Å². The van der Waals surface area contributed by atoms with Crippen LogP contribution >= 0.6 is 0 Å². The van der Waals surface area contributed by atoms with Crippen LogP contribution in [0.4, 0.5) is 5.69 Å². The molecule has 3 fully saturated rings. The van der Waals surface area contributed by atoms with E-state index >= 15 is 0 Å². The highest BCUT2D eigenvalue weighted by molar-refractivity contribution is 5.93. The minimum atomic E-state index is 0.0700. The maximum atomic E-state index is 12.7. The average Bonchev–Trinajstić information content (AvgIpc) is 3.10. The molecule has 5 rings (SSSR count). The minimum absolute atomic E-state index is 0.0700. The molecule has 3 saturated heterocycles. The lowest BCUT2D eigenvalue weighted by atomic mass is 9.75. The third-order valence-electron chi connectivity index (χ3n) is 5.45. The first kappa shape index (κ1) is 16.2. The van der Waals surface area contributed by atoms with Crippen molar-refractivity contribution in [3.05, 3.63) is 42.2 Å². The molecular weight excluding hydrogens is 316 g/mol. The van der Waals surface area contributed by atoms with Crippen LogP contribution in [0, 0.1) is 11.8 Å². The van der Waals surface area contributed by atoms with Crippen molar-refractivity contribution in [1.82, 2.24) is 19.9 Å². The number of piperidine rings is 3. The van der Waals surface area contributed by atoms with E-state index in [1.165, 1.54) is 0 Å². The summed E-state index contributed by atoms with van der Waals surface area (Å²) in [5, 5.41) is 11.3. The second-order valence-electron chi connectivity index (χ2n) is 7.03. The van der Waals surface area contributed by atoms with E-state index in [0.29, 0.717) is 18.5 Å². The number of fused-ring (bicyclic) bond motifs is 3. The Bertz CT molecular complexity index is 730. The predicted octanol–water partition coefficient (Wildman–Crippen LogP) is 1.09. The molecule has 3 N–H and O–H groups in total. The van der Waals surface area contributed by atoms with Gasteiger partial charge in [-0.2, -0.15) is 0 Å². The molecular formula is C18H24N6O. The Morgan fingerprint density at radius 3 is 2.84 bits per heavy atom. The van der Waals surface area contributed by atoms with Gasteiger partial charge >= 0.3 is 0 Å². The third kappa shape index (κ3) is 3.43. The molecule has 0 saturated carbocycles. The summed E-state index contributed by atoms with van der Waals surface area (Å²) in [5.41, 5.74) is 7.29. The number of anilines is 1. The van der Waals surface area contributed by atoms with Crippen molar-refractivity contribution in [2.24, 2.45) is 17.6 Å².